The number of rotatable bonds is 7. The molecule has 2 aromatic carbocycles. The zero-order chi connectivity index (χ0) is 18.2. The van der Waals surface area contributed by atoms with Crippen LogP contribution in [0.2, 0.25) is 0 Å². The highest BCUT2D eigenvalue weighted by Crippen LogP contribution is 2.11. The van der Waals surface area contributed by atoms with Crippen molar-refractivity contribution in [2.45, 2.75) is 31.9 Å². The fraction of sp³-hybridized carbons (Fsp3) is 0.381. The molecule has 5 heteroatoms. The van der Waals surface area contributed by atoms with Crippen LogP contribution < -0.4 is 5.32 Å². The van der Waals surface area contributed by atoms with Crippen LogP contribution in [-0.4, -0.2) is 36.7 Å². The van der Waals surface area contributed by atoms with E-state index in [1.165, 1.54) is 12.1 Å². The molecule has 0 aromatic heterocycles. The maximum absolute atomic E-state index is 13.1. The number of nitrogens with zero attached hydrogens (tertiary/aromatic N) is 1. The Balaban J connectivity index is 1.57. The fourth-order valence-corrected chi connectivity index (χ4v) is 3.16. The second-order valence-corrected chi connectivity index (χ2v) is 6.66. The first-order valence-corrected chi connectivity index (χ1v) is 9.14. The number of ether oxygens (including phenoxy) is 1. The van der Waals surface area contributed by atoms with Crippen LogP contribution in [0, 0.1) is 5.82 Å². The second-order valence-electron chi connectivity index (χ2n) is 6.66. The average molecular weight is 356 g/mol. The number of hydrogen-bond acceptors (Lipinski definition) is 3. The molecule has 0 saturated carbocycles. The molecule has 1 atom stereocenters. The SMILES string of the molecule is O=C(OCc1ccccc1)N(CCc1ccc(F)cc1)C[C@@H]1CCCN1. The molecule has 1 N–H and O–H groups in total. The van der Waals surface area contributed by atoms with E-state index in [1.54, 1.807) is 17.0 Å². The smallest absolute Gasteiger partial charge is 0.410 e. The van der Waals surface area contributed by atoms with E-state index in [2.05, 4.69) is 5.32 Å². The van der Waals surface area contributed by atoms with Crippen LogP contribution >= 0.6 is 0 Å². The number of hydrogen-bond donors (Lipinski definition) is 1. The van der Waals surface area contributed by atoms with Crippen molar-refractivity contribution in [2.75, 3.05) is 19.6 Å². The summed E-state index contributed by atoms with van der Waals surface area (Å²) in [5.74, 6) is -0.247. The molecule has 1 aliphatic heterocycles. The largest absolute Gasteiger partial charge is 0.445 e. The Hall–Kier alpha value is -2.40. The summed E-state index contributed by atoms with van der Waals surface area (Å²) in [7, 11) is 0. The van der Waals surface area contributed by atoms with Crippen LogP contribution in [0.1, 0.15) is 24.0 Å². The Kier molecular flexibility index (Phi) is 6.61. The maximum Gasteiger partial charge on any atom is 0.410 e. The van der Waals surface area contributed by atoms with Crippen LogP contribution in [0.3, 0.4) is 0 Å². The fourth-order valence-electron chi connectivity index (χ4n) is 3.16. The van der Waals surface area contributed by atoms with E-state index in [0.717, 1.165) is 30.5 Å². The summed E-state index contributed by atoms with van der Waals surface area (Å²) in [4.78, 5) is 14.4. The number of carbonyl (C=O) groups is 1. The summed E-state index contributed by atoms with van der Waals surface area (Å²) in [6, 6.07) is 16.4. The standard InChI is InChI=1S/C21H25FN2O2/c22-19-10-8-17(9-11-19)12-14-24(15-20-7-4-13-23-20)21(25)26-16-18-5-2-1-3-6-18/h1-3,5-6,8-11,20,23H,4,7,12-16H2/t20-/m0/s1. The molecule has 1 fully saturated rings. The lowest BCUT2D eigenvalue weighted by molar-refractivity contribution is 0.0935. The number of nitrogens with one attached hydrogen (secondary N) is 1. The van der Waals surface area contributed by atoms with E-state index in [0.29, 0.717) is 25.6 Å². The normalized spacial score (nSPS) is 16.4. The lowest BCUT2D eigenvalue weighted by atomic mass is 10.1. The Morgan fingerprint density at radius 3 is 2.58 bits per heavy atom. The van der Waals surface area contributed by atoms with Gasteiger partial charge in [-0.25, -0.2) is 9.18 Å². The molecule has 0 aliphatic carbocycles. The molecule has 0 spiro atoms. The molecule has 0 bridgehead atoms. The van der Waals surface area contributed by atoms with E-state index < -0.39 is 0 Å². The van der Waals surface area contributed by atoms with Crippen molar-refractivity contribution in [2.24, 2.45) is 0 Å². The third-order valence-electron chi connectivity index (χ3n) is 4.65. The van der Waals surface area contributed by atoms with Gasteiger partial charge >= 0.3 is 6.09 Å². The summed E-state index contributed by atoms with van der Waals surface area (Å²) in [5.41, 5.74) is 1.98. The minimum Gasteiger partial charge on any atom is -0.445 e. The monoisotopic (exact) mass is 356 g/mol. The molecule has 0 unspecified atom stereocenters. The summed E-state index contributed by atoms with van der Waals surface area (Å²) in [5, 5.41) is 3.42. The van der Waals surface area contributed by atoms with Crippen molar-refractivity contribution in [1.82, 2.24) is 10.2 Å². The molecule has 4 nitrogen and oxygen atoms in total. The van der Waals surface area contributed by atoms with Gasteiger partial charge in [-0.1, -0.05) is 42.5 Å². The molecule has 1 amide bonds. The topological polar surface area (TPSA) is 41.6 Å². The van der Waals surface area contributed by atoms with Gasteiger partial charge in [0.1, 0.15) is 12.4 Å². The number of amides is 1. The van der Waals surface area contributed by atoms with Gasteiger partial charge in [-0.3, -0.25) is 0 Å². The van der Waals surface area contributed by atoms with Gasteiger partial charge in [-0.15, -0.1) is 0 Å². The first kappa shape index (κ1) is 18.4. The van der Waals surface area contributed by atoms with Gasteiger partial charge in [-0.05, 0) is 49.1 Å². The summed E-state index contributed by atoms with van der Waals surface area (Å²) in [6.07, 6.45) is 2.58. The predicted molar refractivity (Wildman–Crippen MR) is 99.3 cm³/mol. The minimum absolute atomic E-state index is 0.247. The average Bonchev–Trinajstić information content (AvgIpc) is 3.18. The molecule has 1 aliphatic rings. The zero-order valence-corrected chi connectivity index (χ0v) is 14.9. The van der Waals surface area contributed by atoms with Gasteiger partial charge in [0.25, 0.3) is 0 Å². The third-order valence-corrected chi connectivity index (χ3v) is 4.65. The van der Waals surface area contributed by atoms with Crippen LogP contribution in [0.15, 0.2) is 54.6 Å². The second kappa shape index (κ2) is 9.34. The highest BCUT2D eigenvalue weighted by atomic mass is 19.1. The van der Waals surface area contributed by atoms with Gasteiger partial charge in [0.05, 0.1) is 0 Å². The van der Waals surface area contributed by atoms with E-state index >= 15 is 0 Å². The molecular formula is C21H25FN2O2. The number of carbonyl (C=O) groups excluding carboxylic acids is 1. The van der Waals surface area contributed by atoms with Gasteiger partial charge in [0.2, 0.25) is 0 Å². The molecule has 26 heavy (non-hydrogen) atoms. The summed E-state index contributed by atoms with van der Waals surface area (Å²) < 4.78 is 18.6. The first-order valence-electron chi connectivity index (χ1n) is 9.14. The van der Waals surface area contributed by atoms with Crippen LogP contribution in [0.5, 0.6) is 0 Å². The molecule has 1 heterocycles. The van der Waals surface area contributed by atoms with Crippen molar-refractivity contribution in [3.05, 3.63) is 71.5 Å². The van der Waals surface area contributed by atoms with Gasteiger partial charge in [-0.2, -0.15) is 0 Å². The van der Waals surface area contributed by atoms with E-state index in [4.69, 9.17) is 4.74 Å². The summed E-state index contributed by atoms with van der Waals surface area (Å²) in [6.45, 7) is 2.45. The van der Waals surface area contributed by atoms with Gasteiger partial charge in [0, 0.05) is 19.1 Å². The molecule has 138 valence electrons. The van der Waals surface area contributed by atoms with E-state index in [9.17, 15) is 9.18 Å². The third kappa shape index (κ3) is 5.56. The Morgan fingerprint density at radius 2 is 1.88 bits per heavy atom. The van der Waals surface area contributed by atoms with Crippen molar-refractivity contribution >= 4 is 6.09 Å². The van der Waals surface area contributed by atoms with Crippen molar-refractivity contribution in [1.29, 1.82) is 0 Å². The number of benzene rings is 2. The highest BCUT2D eigenvalue weighted by Gasteiger charge is 2.22. The lowest BCUT2D eigenvalue weighted by Crippen LogP contribution is -2.42. The van der Waals surface area contributed by atoms with Crippen LogP contribution in [-0.2, 0) is 17.8 Å². The Labute approximate surface area is 154 Å². The molecule has 0 radical (unpaired) electrons. The van der Waals surface area contributed by atoms with Crippen molar-refractivity contribution in [3.63, 3.8) is 0 Å². The van der Waals surface area contributed by atoms with Crippen molar-refractivity contribution < 1.29 is 13.9 Å². The summed E-state index contributed by atoms with van der Waals surface area (Å²) >= 11 is 0. The van der Waals surface area contributed by atoms with E-state index in [1.807, 2.05) is 30.3 Å². The predicted octanol–water partition coefficient (Wildman–Crippen LogP) is 3.76. The molecule has 1 saturated heterocycles. The Bertz CT molecular complexity index is 685. The highest BCUT2D eigenvalue weighted by molar-refractivity contribution is 5.67. The van der Waals surface area contributed by atoms with Crippen molar-refractivity contribution in [3.8, 4) is 0 Å². The minimum atomic E-state index is -0.301. The molecule has 2 aromatic rings. The zero-order valence-electron chi connectivity index (χ0n) is 14.9. The van der Waals surface area contributed by atoms with E-state index in [-0.39, 0.29) is 18.5 Å². The first-order chi connectivity index (χ1) is 12.7. The molecular weight excluding hydrogens is 331 g/mol. The van der Waals surface area contributed by atoms with Crippen LogP contribution in [0.25, 0.3) is 0 Å². The Morgan fingerprint density at radius 1 is 1.12 bits per heavy atom. The lowest BCUT2D eigenvalue weighted by Gasteiger charge is -2.25. The number of halogens is 1. The molecule has 3 rings (SSSR count). The maximum atomic E-state index is 13.1. The quantitative estimate of drug-likeness (QED) is 0.821. The van der Waals surface area contributed by atoms with Gasteiger partial charge in [0.15, 0.2) is 0 Å². The van der Waals surface area contributed by atoms with Gasteiger partial charge < -0.3 is 15.0 Å². The van der Waals surface area contributed by atoms with Crippen LogP contribution in [0.4, 0.5) is 9.18 Å².